The predicted octanol–water partition coefficient (Wildman–Crippen LogP) is 11.2. The molecule has 0 radical (unpaired) electrons. The number of hydrogen-bond acceptors (Lipinski definition) is 7. The van der Waals surface area contributed by atoms with Gasteiger partial charge in [-0.3, -0.25) is 0 Å². The first-order chi connectivity index (χ1) is 26.2. The standard InChI is InChI=1S/C46H36N2O5/c1-3-7-35(8-4-1)37-15-11-33(12-16-37)29-50-41-23-19-39(20-24-41)45-27-43(52-47-45)31-49-32-44-28-46(48-53-44)40-21-25-42(26-22-40)51-30-34-13-17-38(18-14-34)36-9-5-2-6-10-36/h1-28H,29-32H2. The lowest BCUT2D eigenvalue weighted by atomic mass is 10.0. The Hall–Kier alpha value is -6.70. The number of hydrogen-bond donors (Lipinski definition) is 0. The third-order valence-corrected chi connectivity index (χ3v) is 8.84. The second-order valence-corrected chi connectivity index (χ2v) is 12.6. The van der Waals surface area contributed by atoms with Gasteiger partial charge in [0.05, 0.1) is 0 Å². The topological polar surface area (TPSA) is 79.8 Å². The highest BCUT2D eigenvalue weighted by atomic mass is 16.5. The number of ether oxygens (including phenoxy) is 3. The Morgan fingerprint density at radius 2 is 0.717 bits per heavy atom. The van der Waals surface area contributed by atoms with Crippen LogP contribution >= 0.6 is 0 Å². The van der Waals surface area contributed by atoms with E-state index in [4.69, 9.17) is 23.3 Å². The van der Waals surface area contributed by atoms with Crippen molar-refractivity contribution in [3.8, 4) is 56.3 Å². The highest BCUT2D eigenvalue weighted by molar-refractivity contribution is 5.65. The van der Waals surface area contributed by atoms with Crippen molar-refractivity contribution in [3.63, 3.8) is 0 Å². The van der Waals surface area contributed by atoms with Crippen LogP contribution in [0.4, 0.5) is 0 Å². The number of rotatable bonds is 14. The SMILES string of the molecule is c1ccc(-c2ccc(COc3ccc(-c4cc(COCc5cc(-c6ccc(OCc7ccc(-c8ccccc8)cc7)cc6)no5)on4)cc3)cc2)cc1. The lowest BCUT2D eigenvalue weighted by Crippen LogP contribution is -1.95. The Balaban J connectivity index is 0.775. The Morgan fingerprint density at radius 1 is 0.358 bits per heavy atom. The fraction of sp³-hybridized carbons (Fsp3) is 0.0870. The maximum Gasteiger partial charge on any atom is 0.163 e. The van der Waals surface area contributed by atoms with Gasteiger partial charge in [0.2, 0.25) is 0 Å². The van der Waals surface area contributed by atoms with Crippen LogP contribution < -0.4 is 9.47 Å². The van der Waals surface area contributed by atoms with E-state index in [1.807, 2.05) is 97.1 Å². The molecule has 0 fully saturated rings. The zero-order chi connectivity index (χ0) is 35.7. The van der Waals surface area contributed by atoms with Crippen molar-refractivity contribution >= 4 is 0 Å². The summed E-state index contributed by atoms with van der Waals surface area (Å²) in [7, 11) is 0. The molecule has 0 unspecified atom stereocenters. The Bertz CT molecular complexity index is 2160. The van der Waals surface area contributed by atoms with Gasteiger partial charge in [-0.2, -0.15) is 0 Å². The van der Waals surface area contributed by atoms with Gasteiger partial charge < -0.3 is 23.3 Å². The second kappa shape index (κ2) is 16.1. The van der Waals surface area contributed by atoms with Crippen LogP contribution in [0, 0.1) is 0 Å². The zero-order valence-electron chi connectivity index (χ0n) is 28.9. The molecule has 8 rings (SSSR count). The van der Waals surface area contributed by atoms with Gasteiger partial charge in [0, 0.05) is 23.3 Å². The molecule has 8 aromatic rings. The average Bonchev–Trinajstić information content (AvgIpc) is 3.91. The molecule has 0 spiro atoms. The minimum absolute atomic E-state index is 0.244. The van der Waals surface area contributed by atoms with Crippen molar-refractivity contribution in [1.29, 1.82) is 0 Å². The molecule has 2 heterocycles. The van der Waals surface area contributed by atoms with Gasteiger partial charge in [-0.15, -0.1) is 0 Å². The fourth-order valence-corrected chi connectivity index (χ4v) is 5.91. The third-order valence-electron chi connectivity index (χ3n) is 8.84. The molecule has 53 heavy (non-hydrogen) atoms. The molecule has 6 aromatic carbocycles. The van der Waals surface area contributed by atoms with Crippen LogP contribution in [0.1, 0.15) is 22.6 Å². The van der Waals surface area contributed by atoms with Crippen molar-refractivity contribution in [2.75, 3.05) is 0 Å². The summed E-state index contributed by atoms with van der Waals surface area (Å²) in [6.45, 7) is 1.46. The minimum Gasteiger partial charge on any atom is -0.489 e. The van der Waals surface area contributed by atoms with Crippen molar-refractivity contribution in [1.82, 2.24) is 10.3 Å². The van der Waals surface area contributed by atoms with Crippen LogP contribution in [0.15, 0.2) is 179 Å². The summed E-state index contributed by atoms with van der Waals surface area (Å²) in [4.78, 5) is 0. The first-order valence-corrected chi connectivity index (χ1v) is 17.5. The monoisotopic (exact) mass is 696 g/mol. The molecule has 0 aliphatic heterocycles. The Kier molecular flexibility index (Phi) is 10.2. The van der Waals surface area contributed by atoms with Crippen LogP contribution in [-0.2, 0) is 31.2 Å². The van der Waals surface area contributed by atoms with Gasteiger partial charge in [0.25, 0.3) is 0 Å². The lowest BCUT2D eigenvalue weighted by Gasteiger charge is -2.08. The maximum atomic E-state index is 6.02. The van der Waals surface area contributed by atoms with E-state index in [0.29, 0.717) is 24.7 Å². The molecular formula is C46H36N2O5. The molecule has 7 nitrogen and oxygen atoms in total. The van der Waals surface area contributed by atoms with Crippen molar-refractivity contribution < 1.29 is 23.3 Å². The van der Waals surface area contributed by atoms with Gasteiger partial charge in [-0.1, -0.05) is 120 Å². The van der Waals surface area contributed by atoms with E-state index in [1.165, 1.54) is 22.3 Å². The van der Waals surface area contributed by atoms with Crippen LogP contribution in [0.2, 0.25) is 0 Å². The van der Waals surface area contributed by atoms with Gasteiger partial charge in [-0.05, 0) is 81.9 Å². The summed E-state index contributed by atoms with van der Waals surface area (Å²) in [6.07, 6.45) is 0. The molecule has 0 bridgehead atoms. The Labute approximate surface area is 308 Å². The second-order valence-electron chi connectivity index (χ2n) is 12.6. The molecule has 2 aromatic heterocycles. The molecular weight excluding hydrogens is 661 g/mol. The third kappa shape index (κ3) is 8.61. The highest BCUT2D eigenvalue weighted by Gasteiger charge is 2.11. The van der Waals surface area contributed by atoms with Crippen molar-refractivity contribution in [3.05, 3.63) is 193 Å². The fourth-order valence-electron chi connectivity index (χ4n) is 5.91. The molecule has 0 amide bonds. The molecule has 0 aliphatic rings. The van der Waals surface area contributed by atoms with Crippen LogP contribution in [-0.4, -0.2) is 10.3 Å². The summed E-state index contributed by atoms with van der Waals surface area (Å²) in [5.74, 6) is 2.79. The number of aromatic nitrogens is 2. The summed E-state index contributed by atoms with van der Waals surface area (Å²) in [5, 5.41) is 8.45. The van der Waals surface area contributed by atoms with E-state index in [-0.39, 0.29) is 13.2 Å². The van der Waals surface area contributed by atoms with Crippen molar-refractivity contribution in [2.24, 2.45) is 0 Å². The molecule has 0 saturated carbocycles. The van der Waals surface area contributed by atoms with Gasteiger partial charge in [0.1, 0.15) is 49.3 Å². The van der Waals surface area contributed by atoms with E-state index in [2.05, 4.69) is 83.1 Å². The number of nitrogens with zero attached hydrogens (tertiary/aromatic N) is 2. The van der Waals surface area contributed by atoms with E-state index in [9.17, 15) is 0 Å². The average molecular weight is 697 g/mol. The normalized spacial score (nSPS) is 11.0. The molecule has 260 valence electrons. The zero-order valence-corrected chi connectivity index (χ0v) is 28.9. The summed E-state index contributed by atoms with van der Waals surface area (Å²) < 4.78 is 28.9. The van der Waals surface area contributed by atoms with Crippen LogP contribution in [0.5, 0.6) is 11.5 Å². The van der Waals surface area contributed by atoms with E-state index >= 15 is 0 Å². The molecule has 0 aliphatic carbocycles. The first kappa shape index (κ1) is 33.4. The van der Waals surface area contributed by atoms with Crippen LogP contribution in [0.25, 0.3) is 44.8 Å². The van der Waals surface area contributed by atoms with Gasteiger partial charge in [-0.25, -0.2) is 0 Å². The minimum atomic E-state index is 0.244. The smallest absolute Gasteiger partial charge is 0.163 e. The van der Waals surface area contributed by atoms with Gasteiger partial charge in [0.15, 0.2) is 11.5 Å². The molecule has 0 saturated heterocycles. The molecule has 0 atom stereocenters. The van der Waals surface area contributed by atoms with E-state index in [1.54, 1.807) is 0 Å². The molecule has 0 N–H and O–H groups in total. The maximum absolute atomic E-state index is 6.02. The van der Waals surface area contributed by atoms with E-state index in [0.717, 1.165) is 45.1 Å². The lowest BCUT2D eigenvalue weighted by molar-refractivity contribution is 0.0727. The number of benzene rings is 6. The summed E-state index contributed by atoms with van der Waals surface area (Å²) in [6, 6.07) is 56.9. The van der Waals surface area contributed by atoms with Crippen molar-refractivity contribution in [2.45, 2.75) is 26.4 Å². The quantitative estimate of drug-likeness (QED) is 0.112. The largest absolute Gasteiger partial charge is 0.489 e. The van der Waals surface area contributed by atoms with Gasteiger partial charge >= 0.3 is 0 Å². The van der Waals surface area contributed by atoms with E-state index < -0.39 is 0 Å². The summed E-state index contributed by atoms with van der Waals surface area (Å²) in [5.41, 5.74) is 10.3. The Morgan fingerprint density at radius 3 is 1.11 bits per heavy atom. The predicted molar refractivity (Wildman–Crippen MR) is 205 cm³/mol. The summed E-state index contributed by atoms with van der Waals surface area (Å²) >= 11 is 0. The molecule has 7 heteroatoms. The van der Waals surface area contributed by atoms with Crippen LogP contribution in [0.3, 0.4) is 0 Å². The highest BCUT2D eigenvalue weighted by Crippen LogP contribution is 2.26. The first-order valence-electron chi connectivity index (χ1n) is 17.5.